The number of hydrogen-bond acceptors (Lipinski definition) is 3. The lowest BCUT2D eigenvalue weighted by Gasteiger charge is -2.32. The van der Waals surface area contributed by atoms with E-state index in [1.54, 1.807) is 0 Å². The number of alkyl halides is 1. The van der Waals surface area contributed by atoms with Gasteiger partial charge >= 0.3 is 0 Å². The summed E-state index contributed by atoms with van der Waals surface area (Å²) in [5.41, 5.74) is 1.11. The van der Waals surface area contributed by atoms with E-state index in [-0.39, 0.29) is 0 Å². The zero-order valence-electron chi connectivity index (χ0n) is 11.6. The Labute approximate surface area is 129 Å². The minimum absolute atomic E-state index is 0.505. The summed E-state index contributed by atoms with van der Waals surface area (Å²) >= 11 is 9.56. The largest absolute Gasteiger partial charge is 0.352 e. The van der Waals surface area contributed by atoms with E-state index in [1.165, 1.54) is 6.42 Å². The van der Waals surface area contributed by atoms with Crippen LogP contribution in [0.2, 0.25) is 0 Å². The molecule has 5 heteroatoms. The number of hydrogen-bond donors (Lipinski definition) is 0. The van der Waals surface area contributed by atoms with Gasteiger partial charge in [-0.25, -0.2) is 4.98 Å². The Kier molecular flexibility index (Phi) is 5.48. The average Bonchev–Trinajstić information content (AvgIpc) is 2.60. The molecule has 0 N–H and O–H groups in total. The molecule has 0 aliphatic carbocycles. The van der Waals surface area contributed by atoms with Gasteiger partial charge in [-0.2, -0.15) is 0 Å². The fourth-order valence-corrected chi connectivity index (χ4v) is 3.28. The van der Waals surface area contributed by atoms with Crippen molar-refractivity contribution in [3.63, 3.8) is 0 Å². The number of likely N-dealkylation sites (N-methyl/N-ethyl adjacent to an activating group) is 1. The molecule has 19 heavy (non-hydrogen) atoms. The van der Waals surface area contributed by atoms with E-state index < -0.39 is 0 Å². The van der Waals surface area contributed by atoms with Crippen molar-refractivity contribution in [2.75, 3.05) is 31.6 Å². The van der Waals surface area contributed by atoms with Gasteiger partial charge in [0, 0.05) is 35.4 Å². The molecule has 1 aliphatic rings. The number of anilines is 1. The van der Waals surface area contributed by atoms with Crippen molar-refractivity contribution >= 4 is 33.3 Å². The molecule has 2 heterocycles. The van der Waals surface area contributed by atoms with Crippen LogP contribution in [-0.2, 0) is 5.88 Å². The van der Waals surface area contributed by atoms with E-state index in [0.29, 0.717) is 11.9 Å². The molecule has 0 spiro atoms. The molecular weight excluding hydrogens is 326 g/mol. The molecule has 1 aromatic heterocycles. The normalized spacial score (nSPS) is 21.5. The third kappa shape index (κ3) is 3.61. The first kappa shape index (κ1) is 15.1. The van der Waals surface area contributed by atoms with E-state index in [0.717, 1.165) is 41.9 Å². The first-order chi connectivity index (χ1) is 9.15. The van der Waals surface area contributed by atoms with Gasteiger partial charge in [-0.3, -0.25) is 0 Å². The summed E-state index contributed by atoms with van der Waals surface area (Å²) in [7, 11) is 2.20. The molecule has 0 saturated carbocycles. The molecule has 1 unspecified atom stereocenters. The summed E-state index contributed by atoms with van der Waals surface area (Å²) in [4.78, 5) is 9.46. The van der Waals surface area contributed by atoms with Crippen LogP contribution in [0.3, 0.4) is 0 Å². The van der Waals surface area contributed by atoms with Crippen molar-refractivity contribution in [2.45, 2.75) is 31.7 Å². The van der Waals surface area contributed by atoms with Crippen LogP contribution in [0.25, 0.3) is 0 Å². The van der Waals surface area contributed by atoms with Gasteiger partial charge in [0.15, 0.2) is 0 Å². The Hall–Kier alpha value is -0.320. The van der Waals surface area contributed by atoms with E-state index in [1.807, 2.05) is 6.20 Å². The topological polar surface area (TPSA) is 19.4 Å². The SMILES string of the molecule is CCC1CN(C)CCCN1c1ncc(Br)cc1CCl. The molecule has 0 amide bonds. The molecule has 0 aromatic carbocycles. The van der Waals surface area contributed by atoms with E-state index in [9.17, 15) is 0 Å². The molecule has 106 valence electrons. The van der Waals surface area contributed by atoms with E-state index in [2.05, 4.69) is 50.8 Å². The van der Waals surface area contributed by atoms with Gasteiger partial charge < -0.3 is 9.80 Å². The van der Waals surface area contributed by atoms with Crippen molar-refractivity contribution < 1.29 is 0 Å². The fraction of sp³-hybridized carbons (Fsp3) is 0.643. The highest BCUT2D eigenvalue weighted by molar-refractivity contribution is 9.10. The lowest BCUT2D eigenvalue weighted by Crippen LogP contribution is -2.40. The summed E-state index contributed by atoms with van der Waals surface area (Å²) in [6.07, 6.45) is 4.17. The number of aromatic nitrogens is 1. The van der Waals surface area contributed by atoms with Gasteiger partial charge in [0.05, 0.1) is 5.88 Å². The number of nitrogens with zero attached hydrogens (tertiary/aromatic N) is 3. The maximum absolute atomic E-state index is 6.09. The highest BCUT2D eigenvalue weighted by atomic mass is 79.9. The second kappa shape index (κ2) is 6.91. The second-order valence-electron chi connectivity index (χ2n) is 5.14. The van der Waals surface area contributed by atoms with Crippen LogP contribution in [0.1, 0.15) is 25.3 Å². The van der Waals surface area contributed by atoms with Gasteiger partial charge in [0.25, 0.3) is 0 Å². The van der Waals surface area contributed by atoms with E-state index >= 15 is 0 Å². The lowest BCUT2D eigenvalue weighted by atomic mass is 10.1. The summed E-state index contributed by atoms with van der Waals surface area (Å²) in [6, 6.07) is 2.60. The molecule has 0 radical (unpaired) electrons. The van der Waals surface area contributed by atoms with Crippen molar-refractivity contribution in [3.05, 3.63) is 22.3 Å². The molecule has 0 bridgehead atoms. The van der Waals surface area contributed by atoms with Crippen molar-refractivity contribution in [1.29, 1.82) is 0 Å². The third-order valence-corrected chi connectivity index (χ3v) is 4.42. The van der Waals surface area contributed by atoms with Crippen LogP contribution >= 0.6 is 27.5 Å². The van der Waals surface area contributed by atoms with Gasteiger partial charge in [-0.15, -0.1) is 11.6 Å². The number of halogens is 2. The minimum atomic E-state index is 0.505. The molecule has 2 rings (SSSR count). The Morgan fingerprint density at radius 1 is 1.47 bits per heavy atom. The minimum Gasteiger partial charge on any atom is -0.352 e. The smallest absolute Gasteiger partial charge is 0.133 e. The highest BCUT2D eigenvalue weighted by Gasteiger charge is 2.24. The maximum Gasteiger partial charge on any atom is 0.133 e. The van der Waals surface area contributed by atoms with Gasteiger partial charge in [-0.1, -0.05) is 6.92 Å². The molecular formula is C14H21BrClN3. The summed E-state index contributed by atoms with van der Waals surface area (Å²) in [5.74, 6) is 1.56. The van der Waals surface area contributed by atoms with Crippen LogP contribution in [0.4, 0.5) is 5.82 Å². The van der Waals surface area contributed by atoms with Crippen LogP contribution in [-0.4, -0.2) is 42.6 Å². The third-order valence-electron chi connectivity index (χ3n) is 3.70. The first-order valence-electron chi connectivity index (χ1n) is 6.81. The van der Waals surface area contributed by atoms with Crippen molar-refractivity contribution in [3.8, 4) is 0 Å². The van der Waals surface area contributed by atoms with Gasteiger partial charge in [-0.05, 0) is 48.4 Å². The Morgan fingerprint density at radius 2 is 2.26 bits per heavy atom. The standard InChI is InChI=1S/C14H21BrClN3/c1-3-13-10-18(2)5-4-6-19(13)14-11(8-16)7-12(15)9-17-14/h7,9,13H,3-6,8,10H2,1-2H3. The lowest BCUT2D eigenvalue weighted by molar-refractivity contribution is 0.327. The molecule has 1 saturated heterocycles. The summed E-state index contributed by atoms with van der Waals surface area (Å²) in [5, 5.41) is 0. The molecule has 1 aromatic rings. The average molecular weight is 347 g/mol. The van der Waals surface area contributed by atoms with Crippen LogP contribution in [0.15, 0.2) is 16.7 Å². The number of rotatable bonds is 3. The summed E-state index contributed by atoms with van der Waals surface area (Å²) in [6.45, 7) is 5.55. The molecule has 1 aliphatic heterocycles. The molecule has 1 fully saturated rings. The monoisotopic (exact) mass is 345 g/mol. The zero-order chi connectivity index (χ0) is 13.8. The maximum atomic E-state index is 6.09. The fourth-order valence-electron chi connectivity index (χ4n) is 2.70. The predicted octanol–water partition coefficient (Wildman–Crippen LogP) is 3.50. The highest BCUT2D eigenvalue weighted by Crippen LogP contribution is 2.27. The molecule has 3 nitrogen and oxygen atoms in total. The van der Waals surface area contributed by atoms with Gasteiger partial charge in [0.2, 0.25) is 0 Å². The number of pyridine rings is 1. The quantitative estimate of drug-likeness (QED) is 0.781. The van der Waals surface area contributed by atoms with Gasteiger partial charge in [0.1, 0.15) is 5.82 Å². The first-order valence-corrected chi connectivity index (χ1v) is 8.14. The van der Waals surface area contributed by atoms with Crippen molar-refractivity contribution in [2.24, 2.45) is 0 Å². The zero-order valence-corrected chi connectivity index (χ0v) is 13.9. The second-order valence-corrected chi connectivity index (χ2v) is 6.32. The predicted molar refractivity (Wildman–Crippen MR) is 85.0 cm³/mol. The van der Waals surface area contributed by atoms with Crippen molar-refractivity contribution in [1.82, 2.24) is 9.88 Å². The van der Waals surface area contributed by atoms with Crippen LogP contribution < -0.4 is 4.90 Å². The Morgan fingerprint density at radius 3 is 2.95 bits per heavy atom. The summed E-state index contributed by atoms with van der Waals surface area (Å²) < 4.78 is 0.992. The van der Waals surface area contributed by atoms with Crippen LogP contribution in [0, 0.1) is 0 Å². The van der Waals surface area contributed by atoms with E-state index in [4.69, 9.17) is 11.6 Å². The Bertz CT molecular complexity index is 427. The Balaban J connectivity index is 2.32. The van der Waals surface area contributed by atoms with Crippen LogP contribution in [0.5, 0.6) is 0 Å². The molecule has 1 atom stereocenters.